The Labute approximate surface area is 241 Å². The van der Waals surface area contributed by atoms with E-state index < -0.39 is 0 Å². The Balaban J connectivity index is 1.38. The molecule has 2 bridgehead atoms. The lowest BCUT2D eigenvalue weighted by molar-refractivity contribution is 0.108. The molecule has 1 N–H and O–H groups in total. The summed E-state index contributed by atoms with van der Waals surface area (Å²) in [5.74, 6) is 0.605. The minimum Gasteiger partial charge on any atom is -0.461 e. The summed E-state index contributed by atoms with van der Waals surface area (Å²) in [5.41, 5.74) is 3.69. The van der Waals surface area contributed by atoms with Gasteiger partial charge in [0.25, 0.3) is 0 Å². The molecule has 9 heteroatoms. The molecule has 0 aliphatic carbocycles. The molecule has 0 spiro atoms. The van der Waals surface area contributed by atoms with E-state index in [9.17, 15) is 0 Å². The molecule has 216 valence electrons. The van der Waals surface area contributed by atoms with Crippen LogP contribution in [0.4, 0.5) is 15.9 Å². The maximum absolute atomic E-state index is 15.1. The molecule has 4 fully saturated rings. The molecule has 4 aliphatic heterocycles. The van der Waals surface area contributed by atoms with Crippen LogP contribution in [0.2, 0.25) is 0 Å². The van der Waals surface area contributed by atoms with Gasteiger partial charge >= 0.3 is 6.01 Å². The van der Waals surface area contributed by atoms with Crippen molar-refractivity contribution in [3.63, 3.8) is 0 Å². The molecule has 0 saturated carbocycles. The molecule has 8 nitrogen and oxygen atoms in total. The molecule has 4 saturated heterocycles. The Kier molecular flexibility index (Phi) is 6.82. The molecule has 2 unspecified atom stereocenters. The second-order valence-electron chi connectivity index (χ2n) is 12.4. The van der Waals surface area contributed by atoms with Gasteiger partial charge in [0.15, 0.2) is 0 Å². The lowest BCUT2D eigenvalue weighted by Crippen LogP contribution is -2.51. The number of ether oxygens (including phenoxy) is 1. The average molecular weight is 558 g/mol. The van der Waals surface area contributed by atoms with Gasteiger partial charge in [-0.25, -0.2) is 4.39 Å². The number of fused-ring (bicyclic) bond motifs is 4. The number of benzene rings is 1. The third-order valence-electron chi connectivity index (χ3n) is 9.56. The van der Waals surface area contributed by atoms with Crippen LogP contribution in [-0.2, 0) is 0 Å². The van der Waals surface area contributed by atoms with E-state index >= 15 is 4.39 Å². The van der Waals surface area contributed by atoms with Crippen LogP contribution in [0, 0.1) is 5.82 Å². The van der Waals surface area contributed by atoms with Crippen molar-refractivity contribution in [2.24, 2.45) is 0 Å². The number of nitrogens with zero attached hydrogens (tertiary/aromatic N) is 6. The van der Waals surface area contributed by atoms with E-state index in [1.54, 1.807) is 11.0 Å². The van der Waals surface area contributed by atoms with Gasteiger partial charge in [-0.3, -0.25) is 9.88 Å². The zero-order valence-electron chi connectivity index (χ0n) is 24.4. The zero-order valence-corrected chi connectivity index (χ0v) is 24.4. The molecule has 3 aromatic rings. The number of halogens is 1. The molecule has 2 atom stereocenters. The quantitative estimate of drug-likeness (QED) is 0.441. The van der Waals surface area contributed by atoms with Crippen LogP contribution >= 0.6 is 0 Å². The molecular weight excluding hydrogens is 517 g/mol. The van der Waals surface area contributed by atoms with Crippen molar-refractivity contribution in [3.8, 4) is 17.3 Å². The molecular formula is C32H40FN7O. The Morgan fingerprint density at radius 1 is 1.12 bits per heavy atom. The van der Waals surface area contributed by atoms with Crippen molar-refractivity contribution in [3.05, 3.63) is 41.9 Å². The summed E-state index contributed by atoms with van der Waals surface area (Å²) in [6, 6.07) is 6.51. The van der Waals surface area contributed by atoms with E-state index in [1.165, 1.54) is 44.6 Å². The van der Waals surface area contributed by atoms with Crippen LogP contribution in [0.5, 0.6) is 6.01 Å². The average Bonchev–Trinajstić information content (AvgIpc) is 3.65. The van der Waals surface area contributed by atoms with Crippen LogP contribution in [0.1, 0.15) is 51.0 Å². The first kappa shape index (κ1) is 26.6. The molecule has 41 heavy (non-hydrogen) atoms. The maximum atomic E-state index is 15.1. The van der Waals surface area contributed by atoms with Crippen LogP contribution in [0.3, 0.4) is 0 Å². The topological polar surface area (TPSA) is 69.7 Å². The largest absolute Gasteiger partial charge is 0.461 e. The second-order valence-corrected chi connectivity index (χ2v) is 12.4. The van der Waals surface area contributed by atoms with Crippen LogP contribution in [-0.4, -0.2) is 84.4 Å². The Hall–Kier alpha value is -3.30. The number of pyridine rings is 1. The summed E-state index contributed by atoms with van der Waals surface area (Å²) in [6.07, 6.45) is 13.0. The first-order chi connectivity index (χ1) is 20.0. The summed E-state index contributed by atoms with van der Waals surface area (Å²) in [6.45, 7) is 6.70. The van der Waals surface area contributed by atoms with Crippen LogP contribution in [0.15, 0.2) is 30.5 Å². The second kappa shape index (κ2) is 10.5. The predicted molar refractivity (Wildman–Crippen MR) is 162 cm³/mol. The number of rotatable bonds is 7. The van der Waals surface area contributed by atoms with Gasteiger partial charge in [-0.15, -0.1) is 0 Å². The van der Waals surface area contributed by atoms with Crippen LogP contribution in [0.25, 0.3) is 28.2 Å². The highest BCUT2D eigenvalue weighted by Crippen LogP contribution is 2.41. The van der Waals surface area contributed by atoms with E-state index in [-0.39, 0.29) is 11.4 Å². The first-order valence-electron chi connectivity index (χ1n) is 15.1. The van der Waals surface area contributed by atoms with Gasteiger partial charge in [0.05, 0.1) is 27.8 Å². The number of hydrogen-bond donors (Lipinski definition) is 1. The molecule has 1 aromatic carbocycles. The van der Waals surface area contributed by atoms with Crippen molar-refractivity contribution in [2.75, 3.05) is 56.7 Å². The highest BCUT2D eigenvalue weighted by atomic mass is 19.1. The van der Waals surface area contributed by atoms with Gasteiger partial charge in [-0.2, -0.15) is 9.97 Å². The van der Waals surface area contributed by atoms with E-state index in [0.717, 1.165) is 54.0 Å². The number of aromatic nitrogens is 3. The standard InChI is InChI=1S/C32H40FN7O/c1-4-8-23-27(24-9-5-10-26(33)29(24)38(2)3)34-17-25-28(23)36-31(41-20-32-13-6-15-40(32)16-7-14-32)37-30(25)39-18-21-11-12-22(19-39)35-21/h4-5,8-10,17,21-22,35H,6-7,11-16,18-20H2,1-3H3/b8-4+. The Morgan fingerprint density at radius 3 is 2.59 bits per heavy atom. The van der Waals surface area contributed by atoms with Crippen molar-refractivity contribution < 1.29 is 9.13 Å². The normalized spacial score (nSPS) is 23.6. The number of piperazine rings is 1. The monoisotopic (exact) mass is 557 g/mol. The first-order valence-corrected chi connectivity index (χ1v) is 15.1. The number of nitrogens with one attached hydrogen (secondary N) is 1. The number of hydrogen-bond acceptors (Lipinski definition) is 8. The molecule has 6 heterocycles. The fourth-order valence-corrected chi connectivity index (χ4v) is 7.71. The predicted octanol–water partition coefficient (Wildman–Crippen LogP) is 4.88. The third-order valence-corrected chi connectivity index (χ3v) is 9.56. The molecule has 7 rings (SSSR count). The van der Waals surface area contributed by atoms with E-state index in [4.69, 9.17) is 19.7 Å². The van der Waals surface area contributed by atoms with Gasteiger partial charge in [0.2, 0.25) is 0 Å². The van der Waals surface area contributed by atoms with E-state index in [0.29, 0.717) is 36.1 Å². The number of para-hydroxylation sites is 1. The summed E-state index contributed by atoms with van der Waals surface area (Å²) in [4.78, 5) is 21.9. The van der Waals surface area contributed by atoms with Crippen LogP contribution < -0.4 is 19.9 Å². The van der Waals surface area contributed by atoms with Gasteiger partial charge in [0, 0.05) is 56.6 Å². The fourth-order valence-electron chi connectivity index (χ4n) is 7.71. The van der Waals surface area contributed by atoms with Crippen molar-refractivity contribution in [1.82, 2.24) is 25.2 Å². The Bertz CT molecular complexity index is 1470. The lowest BCUT2D eigenvalue weighted by atomic mass is 9.95. The Morgan fingerprint density at radius 2 is 1.88 bits per heavy atom. The van der Waals surface area contributed by atoms with Gasteiger partial charge in [-0.1, -0.05) is 24.3 Å². The fraction of sp³-hybridized carbons (Fsp3) is 0.531. The highest BCUT2D eigenvalue weighted by Gasteiger charge is 2.45. The van der Waals surface area contributed by atoms with Gasteiger partial charge in [0.1, 0.15) is 18.2 Å². The molecule has 2 aromatic heterocycles. The minimum atomic E-state index is -0.276. The summed E-state index contributed by atoms with van der Waals surface area (Å²) in [7, 11) is 3.72. The van der Waals surface area contributed by atoms with Gasteiger partial charge < -0.3 is 19.9 Å². The van der Waals surface area contributed by atoms with Gasteiger partial charge in [-0.05, 0) is 64.6 Å². The van der Waals surface area contributed by atoms with E-state index in [1.807, 2.05) is 45.4 Å². The summed E-state index contributed by atoms with van der Waals surface area (Å²) in [5, 5.41) is 4.64. The summed E-state index contributed by atoms with van der Waals surface area (Å²) >= 11 is 0. The number of allylic oxidation sites excluding steroid dienone is 1. The minimum absolute atomic E-state index is 0.102. The van der Waals surface area contributed by atoms with Crippen molar-refractivity contribution in [1.29, 1.82) is 0 Å². The summed E-state index contributed by atoms with van der Waals surface area (Å²) < 4.78 is 21.6. The highest BCUT2D eigenvalue weighted by molar-refractivity contribution is 5.99. The molecule has 4 aliphatic rings. The van der Waals surface area contributed by atoms with Crippen molar-refractivity contribution in [2.45, 2.75) is 63.1 Å². The SMILES string of the molecule is C/C=C/c1c(-c2cccc(F)c2N(C)C)ncc2c(N3CC4CCC(C3)N4)nc(OCC34CCCN3CCC4)nc12. The molecule has 0 amide bonds. The zero-order chi connectivity index (χ0) is 28.1. The molecule has 0 radical (unpaired) electrons. The lowest BCUT2D eigenvalue weighted by Gasteiger charge is -2.35. The number of anilines is 2. The third kappa shape index (κ3) is 4.63. The van der Waals surface area contributed by atoms with Crippen molar-refractivity contribution >= 4 is 28.5 Å². The smallest absolute Gasteiger partial charge is 0.319 e. The van der Waals surface area contributed by atoms with E-state index in [2.05, 4.69) is 15.1 Å². The maximum Gasteiger partial charge on any atom is 0.319 e.